The van der Waals surface area contributed by atoms with Crippen LogP contribution >= 0.6 is 0 Å². The summed E-state index contributed by atoms with van der Waals surface area (Å²) >= 11 is 0. The Morgan fingerprint density at radius 3 is 1.57 bits per heavy atom. The van der Waals surface area contributed by atoms with Crippen LogP contribution in [0.4, 0.5) is 0 Å². The van der Waals surface area contributed by atoms with Crippen molar-refractivity contribution < 1.29 is 30.3 Å². The van der Waals surface area contributed by atoms with Crippen LogP contribution in [0.3, 0.4) is 0 Å². The molecule has 0 heterocycles. The molecule has 6 heteroatoms. The molecule has 6 N–H and O–H groups in total. The average Bonchev–Trinajstić information content (AvgIpc) is 2.67. The van der Waals surface area contributed by atoms with Crippen molar-refractivity contribution in [1.82, 2.24) is 0 Å². The molecule has 28 heavy (non-hydrogen) atoms. The fourth-order valence-corrected chi connectivity index (χ4v) is 2.79. The molecular formula is C22H34N2O4+2. The predicted molar refractivity (Wildman–Crippen MR) is 109 cm³/mol. The van der Waals surface area contributed by atoms with Crippen molar-refractivity contribution in [2.24, 2.45) is 0 Å². The first-order chi connectivity index (χ1) is 13.5. The maximum Gasteiger partial charge on any atom is 0.137 e. The topological polar surface area (TPSA) is 92.1 Å². The SMILES string of the molecule is Cc1cccc(OC[C@@H](O)C[NH2+]CC[NH2+]C[C@H](O)COc2cccc(C)c2)c1. The quantitative estimate of drug-likeness (QED) is 0.351. The standard InChI is InChI=1S/C22H32N2O4/c1-17-5-3-7-21(11-17)27-15-19(25)13-23-9-10-24-14-20(26)16-28-22-8-4-6-18(2)12-22/h3-8,11-12,19-20,23-26H,9-10,13-16H2,1-2H3/p+2/t19-,20-/m0/s1. The predicted octanol–water partition coefficient (Wildman–Crippen LogP) is -0.390. The molecule has 0 bridgehead atoms. The van der Waals surface area contributed by atoms with E-state index in [1.807, 2.05) is 62.4 Å². The highest BCUT2D eigenvalue weighted by Gasteiger charge is 2.10. The van der Waals surface area contributed by atoms with Crippen LogP contribution in [0.2, 0.25) is 0 Å². The molecule has 0 radical (unpaired) electrons. The summed E-state index contributed by atoms with van der Waals surface area (Å²) < 4.78 is 11.2. The number of aliphatic hydroxyl groups is 2. The lowest BCUT2D eigenvalue weighted by Gasteiger charge is -2.13. The lowest BCUT2D eigenvalue weighted by Crippen LogP contribution is -2.96. The third-order valence-corrected chi connectivity index (χ3v) is 4.32. The average molecular weight is 391 g/mol. The van der Waals surface area contributed by atoms with E-state index in [9.17, 15) is 10.2 Å². The second kappa shape index (κ2) is 12.4. The molecule has 2 aromatic carbocycles. The van der Waals surface area contributed by atoms with Crippen molar-refractivity contribution in [3.05, 3.63) is 59.7 Å². The van der Waals surface area contributed by atoms with E-state index in [2.05, 4.69) is 10.6 Å². The number of hydrogen-bond donors (Lipinski definition) is 4. The minimum absolute atomic E-state index is 0.290. The summed E-state index contributed by atoms with van der Waals surface area (Å²) in [7, 11) is 0. The van der Waals surface area contributed by atoms with E-state index in [1.165, 1.54) is 0 Å². The van der Waals surface area contributed by atoms with Crippen molar-refractivity contribution in [2.75, 3.05) is 39.4 Å². The lowest BCUT2D eigenvalue weighted by atomic mass is 10.2. The van der Waals surface area contributed by atoms with Gasteiger partial charge in [-0.25, -0.2) is 0 Å². The molecule has 0 amide bonds. The van der Waals surface area contributed by atoms with Crippen LogP contribution in [0.1, 0.15) is 11.1 Å². The van der Waals surface area contributed by atoms with Gasteiger partial charge in [0.15, 0.2) is 0 Å². The first-order valence-corrected chi connectivity index (χ1v) is 9.91. The van der Waals surface area contributed by atoms with Crippen LogP contribution in [0.15, 0.2) is 48.5 Å². The zero-order valence-electron chi connectivity index (χ0n) is 16.9. The number of nitrogens with two attached hydrogens (primary N) is 2. The first-order valence-electron chi connectivity index (χ1n) is 9.91. The zero-order valence-corrected chi connectivity index (χ0v) is 16.9. The summed E-state index contributed by atoms with van der Waals surface area (Å²) in [6.07, 6.45) is -1.01. The Balaban J connectivity index is 1.47. The van der Waals surface area contributed by atoms with Gasteiger partial charge in [0.1, 0.15) is 63.1 Å². The molecule has 0 aliphatic rings. The van der Waals surface area contributed by atoms with Gasteiger partial charge in [0.25, 0.3) is 0 Å². The highest BCUT2D eigenvalue weighted by atomic mass is 16.5. The third-order valence-electron chi connectivity index (χ3n) is 4.32. The molecule has 6 nitrogen and oxygen atoms in total. The molecule has 0 unspecified atom stereocenters. The number of rotatable bonds is 13. The van der Waals surface area contributed by atoms with Crippen molar-refractivity contribution in [2.45, 2.75) is 26.1 Å². The van der Waals surface area contributed by atoms with Crippen molar-refractivity contribution in [3.63, 3.8) is 0 Å². The van der Waals surface area contributed by atoms with E-state index in [4.69, 9.17) is 9.47 Å². The molecule has 0 aliphatic carbocycles. The fraction of sp³-hybridized carbons (Fsp3) is 0.455. The van der Waals surface area contributed by atoms with Gasteiger partial charge < -0.3 is 30.3 Å². The van der Waals surface area contributed by atoms with Crippen LogP contribution in [-0.2, 0) is 0 Å². The zero-order chi connectivity index (χ0) is 20.2. The third kappa shape index (κ3) is 9.19. The highest BCUT2D eigenvalue weighted by molar-refractivity contribution is 5.28. The van der Waals surface area contributed by atoms with Crippen LogP contribution in [-0.4, -0.2) is 61.8 Å². The number of benzene rings is 2. The summed E-state index contributed by atoms with van der Waals surface area (Å²) in [5.41, 5.74) is 2.28. The molecule has 2 aromatic rings. The maximum absolute atomic E-state index is 10.00. The number of quaternary nitrogens is 2. The number of ether oxygens (including phenoxy) is 2. The largest absolute Gasteiger partial charge is 0.491 e. The van der Waals surface area contributed by atoms with E-state index >= 15 is 0 Å². The van der Waals surface area contributed by atoms with Gasteiger partial charge in [-0.2, -0.15) is 0 Å². The Morgan fingerprint density at radius 2 is 1.18 bits per heavy atom. The van der Waals surface area contributed by atoms with E-state index in [0.29, 0.717) is 26.3 Å². The molecule has 0 aliphatic heterocycles. The Hall–Kier alpha value is -2.12. The molecule has 0 saturated carbocycles. The molecule has 0 fully saturated rings. The molecule has 0 spiro atoms. The van der Waals surface area contributed by atoms with Gasteiger partial charge in [-0.05, 0) is 49.2 Å². The molecule has 2 rings (SSSR count). The van der Waals surface area contributed by atoms with Gasteiger partial charge in [-0.1, -0.05) is 24.3 Å². The Labute approximate surface area is 167 Å². The van der Waals surface area contributed by atoms with Gasteiger partial charge in [0.2, 0.25) is 0 Å². The van der Waals surface area contributed by atoms with Crippen LogP contribution < -0.4 is 20.1 Å². The minimum atomic E-state index is -0.506. The molecule has 154 valence electrons. The number of hydrogen-bond acceptors (Lipinski definition) is 4. The van der Waals surface area contributed by atoms with Crippen molar-refractivity contribution in [3.8, 4) is 11.5 Å². The summed E-state index contributed by atoms with van der Waals surface area (Å²) in [5, 5.41) is 24.1. The summed E-state index contributed by atoms with van der Waals surface area (Å²) in [6, 6.07) is 15.6. The lowest BCUT2D eigenvalue weighted by molar-refractivity contribution is -0.728. The monoisotopic (exact) mass is 390 g/mol. The van der Waals surface area contributed by atoms with Gasteiger partial charge in [0, 0.05) is 0 Å². The number of aryl methyl sites for hydroxylation is 2. The first kappa shape index (κ1) is 22.2. The molecule has 2 atom stereocenters. The summed E-state index contributed by atoms with van der Waals surface area (Å²) in [4.78, 5) is 0. The normalized spacial score (nSPS) is 13.1. The smallest absolute Gasteiger partial charge is 0.137 e. The van der Waals surface area contributed by atoms with Gasteiger partial charge in [-0.3, -0.25) is 0 Å². The van der Waals surface area contributed by atoms with Crippen LogP contribution in [0, 0.1) is 13.8 Å². The van der Waals surface area contributed by atoms with E-state index in [1.54, 1.807) is 0 Å². The Morgan fingerprint density at radius 1 is 0.750 bits per heavy atom. The minimum Gasteiger partial charge on any atom is -0.491 e. The summed E-state index contributed by atoms with van der Waals surface area (Å²) in [6.45, 7) is 7.53. The van der Waals surface area contributed by atoms with Gasteiger partial charge in [-0.15, -0.1) is 0 Å². The molecule has 0 aromatic heterocycles. The van der Waals surface area contributed by atoms with Gasteiger partial charge >= 0.3 is 0 Å². The molecule has 0 saturated heterocycles. The van der Waals surface area contributed by atoms with E-state index in [-0.39, 0.29) is 0 Å². The van der Waals surface area contributed by atoms with Crippen LogP contribution in [0.5, 0.6) is 11.5 Å². The summed E-state index contributed by atoms with van der Waals surface area (Å²) in [5.74, 6) is 1.57. The van der Waals surface area contributed by atoms with Gasteiger partial charge in [0.05, 0.1) is 0 Å². The molecular weight excluding hydrogens is 356 g/mol. The number of aliphatic hydroxyl groups excluding tert-OH is 2. The Kier molecular flexibility index (Phi) is 9.79. The van der Waals surface area contributed by atoms with E-state index in [0.717, 1.165) is 35.7 Å². The second-order valence-electron chi connectivity index (χ2n) is 7.19. The van der Waals surface area contributed by atoms with Crippen molar-refractivity contribution in [1.29, 1.82) is 0 Å². The van der Waals surface area contributed by atoms with E-state index < -0.39 is 12.2 Å². The van der Waals surface area contributed by atoms with Crippen LogP contribution in [0.25, 0.3) is 0 Å². The van der Waals surface area contributed by atoms with Crippen molar-refractivity contribution >= 4 is 0 Å². The fourth-order valence-electron chi connectivity index (χ4n) is 2.79. The maximum atomic E-state index is 10.00. The second-order valence-corrected chi connectivity index (χ2v) is 7.19. The Bertz CT molecular complexity index is 636. The highest BCUT2D eigenvalue weighted by Crippen LogP contribution is 2.13.